The largest absolute Gasteiger partial charge is 0.468 e. The number of anilines is 6. The van der Waals surface area contributed by atoms with Crippen molar-refractivity contribution in [1.29, 1.82) is 0 Å². The van der Waals surface area contributed by atoms with Crippen molar-refractivity contribution < 1.29 is 27.8 Å². The van der Waals surface area contributed by atoms with E-state index in [1.165, 1.54) is 0 Å². The van der Waals surface area contributed by atoms with Crippen molar-refractivity contribution in [1.82, 2.24) is 0 Å². The molecule has 4 aliphatic rings. The lowest BCUT2D eigenvalue weighted by atomic mass is 9.37. The lowest BCUT2D eigenvalue weighted by Gasteiger charge is -2.41. The standard InChI is InChI=1S/C49H31BN2O6/c1-28-20-37-45-38(21-28)52(36-25-44-42(54-27-56-44)23-34(36)30-14-6-3-7-15-30)47-32-17-9-11-19-40(32)58-49(47)50(45)48-46(31-16-8-10-18-39(31)57-48)51(37)35-24-43-41(53-26-55-43)22-33(35)29-12-4-2-5-13-29/h2-25H,26-27H2,1H3. The highest BCUT2D eigenvalue weighted by Crippen LogP contribution is 2.54. The topological polar surface area (TPSA) is 69.7 Å². The number of nitrogens with zero attached hydrogens (tertiary/aromatic N) is 2. The summed E-state index contributed by atoms with van der Waals surface area (Å²) in [4.78, 5) is 4.74. The Morgan fingerprint density at radius 1 is 0.448 bits per heavy atom. The average molecular weight is 755 g/mol. The van der Waals surface area contributed by atoms with Crippen molar-refractivity contribution in [2.75, 3.05) is 23.4 Å². The van der Waals surface area contributed by atoms with Crippen molar-refractivity contribution in [3.8, 4) is 45.3 Å². The normalized spacial score (nSPS) is 14.3. The van der Waals surface area contributed by atoms with Crippen LogP contribution in [0.15, 0.2) is 154 Å². The van der Waals surface area contributed by atoms with E-state index < -0.39 is 0 Å². The van der Waals surface area contributed by atoms with E-state index in [1.807, 2.05) is 36.4 Å². The third-order valence-electron chi connectivity index (χ3n) is 11.8. The Balaban J connectivity index is 1.17. The number of para-hydroxylation sites is 2. The third-order valence-corrected chi connectivity index (χ3v) is 11.8. The maximum atomic E-state index is 7.09. The van der Waals surface area contributed by atoms with Gasteiger partial charge in [-0.3, -0.25) is 0 Å². The van der Waals surface area contributed by atoms with Gasteiger partial charge in [-0.25, -0.2) is 0 Å². The van der Waals surface area contributed by atoms with Crippen molar-refractivity contribution in [3.05, 3.63) is 151 Å². The van der Waals surface area contributed by atoms with E-state index in [1.54, 1.807) is 0 Å². The van der Waals surface area contributed by atoms with Crippen LogP contribution in [0.3, 0.4) is 0 Å². The molecule has 58 heavy (non-hydrogen) atoms. The molecule has 6 heterocycles. The summed E-state index contributed by atoms with van der Waals surface area (Å²) in [5, 5.41) is 2.01. The highest BCUT2D eigenvalue weighted by Gasteiger charge is 2.50. The maximum Gasteiger partial charge on any atom is 0.342 e. The number of ether oxygens (including phenoxy) is 4. The molecule has 2 aromatic heterocycles. The molecule has 276 valence electrons. The molecule has 4 aliphatic heterocycles. The predicted octanol–water partition coefficient (Wildman–Crippen LogP) is 10.4. The van der Waals surface area contributed by atoms with Gasteiger partial charge < -0.3 is 37.6 Å². The fraction of sp³-hybridized carbons (Fsp3) is 0.0612. The van der Waals surface area contributed by atoms with Gasteiger partial charge in [0, 0.05) is 45.4 Å². The molecular weight excluding hydrogens is 723 g/mol. The predicted molar refractivity (Wildman–Crippen MR) is 228 cm³/mol. The summed E-state index contributed by atoms with van der Waals surface area (Å²) in [6.45, 7) is 2.13. The van der Waals surface area contributed by atoms with Crippen LogP contribution in [0.2, 0.25) is 0 Å². The monoisotopic (exact) mass is 754 g/mol. The molecule has 8 nitrogen and oxygen atoms in total. The van der Waals surface area contributed by atoms with Crippen LogP contribution in [0.1, 0.15) is 5.56 Å². The number of fused-ring (bicyclic) bond motifs is 10. The highest BCUT2D eigenvalue weighted by molar-refractivity contribution is 6.99. The van der Waals surface area contributed by atoms with Crippen LogP contribution < -0.4 is 45.5 Å². The minimum atomic E-state index is -0.369. The highest BCUT2D eigenvalue weighted by atomic mass is 16.7. The third kappa shape index (κ3) is 4.35. The summed E-state index contributed by atoms with van der Waals surface area (Å²) in [6, 6.07) is 50.5. The van der Waals surface area contributed by atoms with Crippen LogP contribution in [-0.2, 0) is 0 Å². The Kier molecular flexibility index (Phi) is 6.42. The summed E-state index contributed by atoms with van der Waals surface area (Å²) >= 11 is 0. The van der Waals surface area contributed by atoms with Gasteiger partial charge in [-0.2, -0.15) is 0 Å². The van der Waals surface area contributed by atoms with Gasteiger partial charge >= 0.3 is 6.71 Å². The summed E-state index contributed by atoms with van der Waals surface area (Å²) in [5.41, 5.74) is 15.4. The maximum absolute atomic E-state index is 7.09. The second-order valence-corrected chi connectivity index (χ2v) is 15.1. The van der Waals surface area contributed by atoms with Crippen molar-refractivity contribution in [2.45, 2.75) is 6.92 Å². The zero-order valence-electron chi connectivity index (χ0n) is 31.2. The number of hydrogen-bond donors (Lipinski definition) is 0. The lowest BCUT2D eigenvalue weighted by Crippen LogP contribution is -2.60. The molecular formula is C49H31BN2O6. The molecule has 13 rings (SSSR count). The van der Waals surface area contributed by atoms with Gasteiger partial charge in [0.15, 0.2) is 23.0 Å². The van der Waals surface area contributed by atoms with Gasteiger partial charge in [0.2, 0.25) is 13.6 Å². The van der Waals surface area contributed by atoms with Crippen LogP contribution in [0, 0.1) is 6.92 Å². The van der Waals surface area contributed by atoms with Crippen molar-refractivity contribution >= 4 is 79.6 Å². The molecule has 9 aromatic rings. The zero-order valence-corrected chi connectivity index (χ0v) is 31.2. The van der Waals surface area contributed by atoms with Crippen molar-refractivity contribution in [3.63, 3.8) is 0 Å². The zero-order chi connectivity index (χ0) is 38.1. The Labute approximate surface area is 333 Å². The van der Waals surface area contributed by atoms with Gasteiger partial charge in [-0.15, -0.1) is 0 Å². The van der Waals surface area contributed by atoms with Gasteiger partial charge in [0.1, 0.15) is 22.5 Å². The van der Waals surface area contributed by atoms with Crippen LogP contribution in [0.25, 0.3) is 44.2 Å². The Morgan fingerprint density at radius 3 is 1.33 bits per heavy atom. The molecule has 0 bridgehead atoms. The van der Waals surface area contributed by atoms with Crippen LogP contribution in [-0.4, -0.2) is 20.3 Å². The molecule has 0 amide bonds. The molecule has 0 aliphatic carbocycles. The van der Waals surface area contributed by atoms with E-state index in [2.05, 4.69) is 126 Å². The quantitative estimate of drug-likeness (QED) is 0.165. The SMILES string of the molecule is Cc1cc2c3c(c1)N(c1cc4c(cc1-c1ccccc1)OCO4)c1c(oc4ccccc14)B3c1oc3ccccc3c1N2c1cc2c(cc1-c1ccccc1)OCO2. The van der Waals surface area contributed by atoms with Crippen LogP contribution in [0.4, 0.5) is 34.1 Å². The average Bonchev–Trinajstić information content (AvgIpc) is 4.08. The molecule has 0 atom stereocenters. The first-order valence-electron chi connectivity index (χ1n) is 19.4. The number of aryl methyl sites for hydroxylation is 1. The van der Waals surface area contributed by atoms with E-state index in [9.17, 15) is 0 Å². The lowest BCUT2D eigenvalue weighted by molar-refractivity contribution is 0.173. The molecule has 0 saturated carbocycles. The molecule has 7 aromatic carbocycles. The molecule has 9 heteroatoms. The Morgan fingerprint density at radius 2 is 0.862 bits per heavy atom. The fourth-order valence-electron chi connectivity index (χ4n) is 9.43. The molecule has 0 radical (unpaired) electrons. The molecule has 0 spiro atoms. The van der Waals surface area contributed by atoms with Crippen LogP contribution >= 0.6 is 0 Å². The van der Waals surface area contributed by atoms with Crippen LogP contribution in [0.5, 0.6) is 23.0 Å². The number of rotatable bonds is 4. The number of benzene rings is 7. The molecule has 0 saturated heterocycles. The first-order valence-corrected chi connectivity index (χ1v) is 19.4. The van der Waals surface area contributed by atoms with Gasteiger partial charge in [0.05, 0.1) is 22.7 Å². The van der Waals surface area contributed by atoms with Crippen molar-refractivity contribution in [2.24, 2.45) is 0 Å². The molecule has 0 N–H and O–H groups in total. The Hall–Kier alpha value is -7.52. The number of hydrogen-bond acceptors (Lipinski definition) is 8. The minimum Gasteiger partial charge on any atom is -0.468 e. The van der Waals surface area contributed by atoms with Gasteiger partial charge in [-0.1, -0.05) is 84.9 Å². The second kappa shape index (κ2) is 11.8. The summed E-state index contributed by atoms with van der Waals surface area (Å²) in [7, 11) is 0. The van der Waals surface area contributed by atoms with E-state index in [0.717, 1.165) is 112 Å². The van der Waals surface area contributed by atoms with E-state index in [-0.39, 0.29) is 20.3 Å². The van der Waals surface area contributed by atoms with Gasteiger partial charge in [-0.05, 0) is 77.6 Å². The van der Waals surface area contributed by atoms with E-state index in [4.69, 9.17) is 27.8 Å². The molecule has 0 fully saturated rings. The smallest absolute Gasteiger partial charge is 0.342 e. The second-order valence-electron chi connectivity index (χ2n) is 15.1. The summed E-state index contributed by atoms with van der Waals surface area (Å²) in [6.07, 6.45) is 0. The first kappa shape index (κ1) is 31.7. The fourth-order valence-corrected chi connectivity index (χ4v) is 9.43. The number of furan rings is 2. The Bertz CT molecular complexity index is 2970. The van der Waals surface area contributed by atoms with E-state index >= 15 is 0 Å². The van der Waals surface area contributed by atoms with E-state index in [0.29, 0.717) is 11.5 Å². The summed E-state index contributed by atoms with van der Waals surface area (Å²) in [5.74, 6) is 2.83. The van der Waals surface area contributed by atoms with Gasteiger partial charge in [0.25, 0.3) is 0 Å². The summed E-state index contributed by atoms with van der Waals surface area (Å²) < 4.78 is 38.4. The first-order chi connectivity index (χ1) is 28.7. The molecule has 0 unspecified atom stereocenters. The minimum absolute atomic E-state index is 0.165.